The first-order chi connectivity index (χ1) is 5.75. The summed E-state index contributed by atoms with van der Waals surface area (Å²) in [6, 6.07) is 8.55. The van der Waals surface area contributed by atoms with Crippen LogP contribution >= 0.6 is 12.6 Å². The molecule has 0 aromatic heterocycles. The first kappa shape index (κ1) is 9.00. The summed E-state index contributed by atoms with van der Waals surface area (Å²) in [5.41, 5.74) is 0.487. The number of carbonyl (C=O) groups is 1. The quantitative estimate of drug-likeness (QED) is 0.431. The van der Waals surface area contributed by atoms with Gasteiger partial charge in [0.25, 0.3) is 0 Å². The van der Waals surface area contributed by atoms with Gasteiger partial charge in [0.1, 0.15) is 5.25 Å². The number of hydrogen-bond donors (Lipinski definition) is 1. The average molecular weight is 179 g/mol. The topological polar surface area (TPSA) is 34.1 Å². The number of ketones is 1. The van der Waals surface area contributed by atoms with E-state index in [1.165, 1.54) is 6.29 Å². The summed E-state index contributed by atoms with van der Waals surface area (Å²) in [5, 5.41) is -0.965. The lowest BCUT2D eigenvalue weighted by Crippen LogP contribution is -2.15. The Bertz CT molecular complexity index is 282. The van der Waals surface area contributed by atoms with E-state index in [1.807, 2.05) is 0 Å². The molecule has 1 radical (unpaired) electrons. The van der Waals surface area contributed by atoms with Gasteiger partial charge in [-0.1, -0.05) is 30.3 Å². The standard InChI is InChI=1S/C9H7O2S/c10-6-8(12)9(11)7-4-2-1-3-5-7/h1-5,8,12H/t8-/m0/s1. The molecule has 2 nitrogen and oxygen atoms in total. The molecule has 0 unspecified atom stereocenters. The van der Waals surface area contributed by atoms with E-state index in [1.54, 1.807) is 30.3 Å². The zero-order valence-electron chi connectivity index (χ0n) is 6.23. The Morgan fingerprint density at radius 3 is 2.42 bits per heavy atom. The fourth-order valence-corrected chi connectivity index (χ4v) is 0.963. The third kappa shape index (κ3) is 1.95. The Balaban J connectivity index is 2.85. The van der Waals surface area contributed by atoms with Crippen LogP contribution in [-0.4, -0.2) is 17.3 Å². The molecule has 0 saturated heterocycles. The second kappa shape index (κ2) is 4.07. The fraction of sp³-hybridized carbons (Fsp3) is 0.111. The van der Waals surface area contributed by atoms with Gasteiger partial charge in [-0.2, -0.15) is 12.6 Å². The highest BCUT2D eigenvalue weighted by atomic mass is 32.1. The third-order valence-electron chi connectivity index (χ3n) is 1.42. The van der Waals surface area contributed by atoms with Crippen molar-refractivity contribution in [3.8, 4) is 0 Å². The largest absolute Gasteiger partial charge is 0.292 e. The molecule has 0 aliphatic heterocycles. The van der Waals surface area contributed by atoms with E-state index >= 15 is 0 Å². The SMILES string of the molecule is O=[C][C@H](S)C(=O)c1ccccc1. The van der Waals surface area contributed by atoms with Gasteiger partial charge < -0.3 is 0 Å². The first-order valence-electron chi connectivity index (χ1n) is 3.40. The minimum Gasteiger partial charge on any atom is -0.292 e. The predicted molar refractivity (Wildman–Crippen MR) is 49.2 cm³/mol. The lowest BCUT2D eigenvalue weighted by molar-refractivity contribution is 0.101. The third-order valence-corrected chi connectivity index (χ3v) is 1.76. The van der Waals surface area contributed by atoms with E-state index in [0.29, 0.717) is 5.56 Å². The monoisotopic (exact) mass is 179 g/mol. The second-order valence-electron chi connectivity index (χ2n) is 2.25. The van der Waals surface area contributed by atoms with Gasteiger partial charge in [0.2, 0.25) is 6.29 Å². The van der Waals surface area contributed by atoms with E-state index in [0.717, 1.165) is 0 Å². The Labute approximate surface area is 76.0 Å². The summed E-state index contributed by atoms with van der Waals surface area (Å²) in [5.74, 6) is -0.311. The molecule has 0 spiro atoms. The molecule has 0 bridgehead atoms. The highest BCUT2D eigenvalue weighted by Gasteiger charge is 2.14. The van der Waals surface area contributed by atoms with Gasteiger partial charge in [0.15, 0.2) is 5.78 Å². The summed E-state index contributed by atoms with van der Waals surface area (Å²) >= 11 is 3.76. The normalized spacial score (nSPS) is 12.1. The molecule has 0 aliphatic carbocycles. The summed E-state index contributed by atoms with van der Waals surface area (Å²) < 4.78 is 0. The van der Waals surface area contributed by atoms with Gasteiger partial charge in [-0.05, 0) is 0 Å². The Kier molecular flexibility index (Phi) is 3.05. The number of rotatable bonds is 3. The number of benzene rings is 1. The summed E-state index contributed by atoms with van der Waals surface area (Å²) in [7, 11) is 0. The van der Waals surface area contributed by atoms with Crippen molar-refractivity contribution in [3.05, 3.63) is 35.9 Å². The van der Waals surface area contributed by atoms with E-state index in [9.17, 15) is 9.59 Å². The zero-order chi connectivity index (χ0) is 8.97. The minimum absolute atomic E-state index is 0.311. The van der Waals surface area contributed by atoms with Crippen LogP contribution in [0.2, 0.25) is 0 Å². The average Bonchev–Trinajstić information content (AvgIpc) is 2.17. The second-order valence-corrected chi connectivity index (χ2v) is 2.77. The molecule has 1 aromatic rings. The van der Waals surface area contributed by atoms with Crippen LogP contribution in [0.25, 0.3) is 0 Å². The van der Waals surface area contributed by atoms with Crippen molar-refractivity contribution in [1.29, 1.82) is 0 Å². The number of Topliss-reactive ketones (excluding diaryl/α,β-unsaturated/α-hetero) is 1. The Hall–Kier alpha value is -1.09. The van der Waals surface area contributed by atoms with Gasteiger partial charge >= 0.3 is 0 Å². The number of carbonyl (C=O) groups excluding carboxylic acids is 2. The van der Waals surface area contributed by atoms with Crippen LogP contribution in [0.3, 0.4) is 0 Å². The summed E-state index contributed by atoms with van der Waals surface area (Å²) in [6.07, 6.45) is 1.53. The smallest absolute Gasteiger partial charge is 0.220 e. The van der Waals surface area contributed by atoms with E-state index in [2.05, 4.69) is 12.6 Å². The van der Waals surface area contributed by atoms with Crippen molar-refractivity contribution >= 4 is 24.7 Å². The van der Waals surface area contributed by atoms with Crippen LogP contribution in [0.5, 0.6) is 0 Å². The van der Waals surface area contributed by atoms with Crippen LogP contribution in [0.4, 0.5) is 0 Å². The maximum atomic E-state index is 11.2. The van der Waals surface area contributed by atoms with Gasteiger partial charge in [-0.15, -0.1) is 0 Å². The van der Waals surface area contributed by atoms with Crippen molar-refractivity contribution < 1.29 is 9.59 Å². The van der Waals surface area contributed by atoms with Gasteiger partial charge in [-0.3, -0.25) is 9.59 Å². The van der Waals surface area contributed by atoms with Gasteiger partial charge in [0.05, 0.1) is 0 Å². The predicted octanol–water partition coefficient (Wildman–Crippen LogP) is 1.28. The van der Waals surface area contributed by atoms with Crippen molar-refractivity contribution in [2.45, 2.75) is 5.25 Å². The number of hydrogen-bond acceptors (Lipinski definition) is 3. The number of thiol groups is 1. The van der Waals surface area contributed by atoms with Crippen LogP contribution in [0.15, 0.2) is 30.3 Å². The van der Waals surface area contributed by atoms with Crippen molar-refractivity contribution in [2.75, 3.05) is 0 Å². The van der Waals surface area contributed by atoms with Crippen molar-refractivity contribution in [2.24, 2.45) is 0 Å². The molecule has 1 aromatic carbocycles. The van der Waals surface area contributed by atoms with E-state index < -0.39 is 5.25 Å². The minimum atomic E-state index is -0.965. The Morgan fingerprint density at radius 2 is 1.92 bits per heavy atom. The molecule has 0 N–H and O–H groups in total. The molecule has 0 amide bonds. The van der Waals surface area contributed by atoms with E-state index in [-0.39, 0.29) is 5.78 Å². The molecule has 12 heavy (non-hydrogen) atoms. The maximum absolute atomic E-state index is 11.2. The first-order valence-corrected chi connectivity index (χ1v) is 3.92. The highest BCUT2D eigenvalue weighted by molar-refractivity contribution is 7.82. The van der Waals surface area contributed by atoms with Gasteiger partial charge in [-0.25, -0.2) is 0 Å². The fourth-order valence-electron chi connectivity index (χ4n) is 0.814. The van der Waals surface area contributed by atoms with Gasteiger partial charge in [0, 0.05) is 5.56 Å². The van der Waals surface area contributed by atoms with Crippen LogP contribution in [-0.2, 0) is 4.79 Å². The molecule has 1 atom stereocenters. The van der Waals surface area contributed by atoms with E-state index in [4.69, 9.17) is 0 Å². The Morgan fingerprint density at radius 1 is 1.33 bits per heavy atom. The molecule has 0 heterocycles. The summed E-state index contributed by atoms with van der Waals surface area (Å²) in [4.78, 5) is 21.3. The lowest BCUT2D eigenvalue weighted by atomic mass is 10.1. The molecule has 3 heteroatoms. The highest BCUT2D eigenvalue weighted by Crippen LogP contribution is 2.05. The van der Waals surface area contributed by atoms with Crippen LogP contribution in [0.1, 0.15) is 10.4 Å². The van der Waals surface area contributed by atoms with Crippen molar-refractivity contribution in [1.82, 2.24) is 0 Å². The molecular formula is C9H7O2S. The van der Waals surface area contributed by atoms with Crippen molar-refractivity contribution in [3.63, 3.8) is 0 Å². The molecule has 61 valence electrons. The molecule has 0 saturated carbocycles. The summed E-state index contributed by atoms with van der Waals surface area (Å²) in [6.45, 7) is 0. The maximum Gasteiger partial charge on any atom is 0.220 e. The zero-order valence-corrected chi connectivity index (χ0v) is 7.12. The lowest BCUT2D eigenvalue weighted by Gasteiger charge is -1.99. The van der Waals surface area contributed by atoms with Crippen LogP contribution in [0, 0.1) is 0 Å². The molecule has 0 aliphatic rings. The molecule has 0 fully saturated rings. The molecule has 1 rings (SSSR count). The van der Waals surface area contributed by atoms with Crippen LogP contribution < -0.4 is 0 Å². The molecular weight excluding hydrogens is 172 g/mol.